The first-order valence-electron chi connectivity index (χ1n) is 6.07. The van der Waals surface area contributed by atoms with E-state index in [1.807, 2.05) is 13.0 Å². The van der Waals surface area contributed by atoms with E-state index in [1.165, 1.54) is 12.1 Å². The third kappa shape index (κ3) is 3.20. The molecule has 0 spiro atoms. The SMILES string of the molecule is CCCCN(CC)c1ccc(C#N)c([N+](=O)[O-])c1. The number of nitro benzene ring substituents is 1. The van der Waals surface area contributed by atoms with Crippen molar-refractivity contribution in [3.05, 3.63) is 33.9 Å². The number of nitriles is 1. The van der Waals surface area contributed by atoms with Crippen LogP contribution >= 0.6 is 0 Å². The van der Waals surface area contributed by atoms with Gasteiger partial charge in [-0.25, -0.2) is 0 Å². The van der Waals surface area contributed by atoms with Crippen LogP contribution in [-0.2, 0) is 0 Å². The maximum atomic E-state index is 10.9. The van der Waals surface area contributed by atoms with Gasteiger partial charge in [0.1, 0.15) is 11.6 Å². The summed E-state index contributed by atoms with van der Waals surface area (Å²) in [5.74, 6) is 0. The summed E-state index contributed by atoms with van der Waals surface area (Å²) < 4.78 is 0. The highest BCUT2D eigenvalue weighted by Gasteiger charge is 2.16. The number of hydrogen-bond acceptors (Lipinski definition) is 4. The van der Waals surface area contributed by atoms with E-state index >= 15 is 0 Å². The standard InChI is InChI=1S/C13H17N3O2/c1-3-5-8-15(4-2)12-7-6-11(10-14)13(9-12)16(17)18/h6-7,9H,3-5,8H2,1-2H3. The second kappa shape index (κ2) is 6.60. The quantitative estimate of drug-likeness (QED) is 0.572. The van der Waals surface area contributed by atoms with E-state index in [0.29, 0.717) is 0 Å². The molecule has 0 aromatic heterocycles. The lowest BCUT2D eigenvalue weighted by Crippen LogP contribution is -2.23. The van der Waals surface area contributed by atoms with Crippen LogP contribution in [0.5, 0.6) is 0 Å². The monoisotopic (exact) mass is 247 g/mol. The van der Waals surface area contributed by atoms with Crippen molar-refractivity contribution in [2.24, 2.45) is 0 Å². The highest BCUT2D eigenvalue weighted by molar-refractivity contribution is 5.60. The molecule has 0 saturated carbocycles. The molecule has 0 radical (unpaired) electrons. The number of hydrogen-bond donors (Lipinski definition) is 0. The fourth-order valence-corrected chi connectivity index (χ4v) is 1.78. The third-order valence-corrected chi connectivity index (χ3v) is 2.83. The van der Waals surface area contributed by atoms with Gasteiger partial charge in [-0.1, -0.05) is 13.3 Å². The maximum Gasteiger partial charge on any atom is 0.289 e. The lowest BCUT2D eigenvalue weighted by atomic mass is 10.1. The molecule has 0 saturated heterocycles. The first kappa shape index (κ1) is 14.0. The van der Waals surface area contributed by atoms with Crippen LogP contribution in [0.25, 0.3) is 0 Å². The number of unbranched alkanes of at least 4 members (excludes halogenated alkanes) is 1. The topological polar surface area (TPSA) is 70.2 Å². The van der Waals surface area contributed by atoms with Crippen LogP contribution in [0.4, 0.5) is 11.4 Å². The van der Waals surface area contributed by atoms with Gasteiger partial charge in [-0.2, -0.15) is 5.26 Å². The van der Waals surface area contributed by atoms with Crippen LogP contribution < -0.4 is 4.90 Å². The predicted molar refractivity (Wildman–Crippen MR) is 70.6 cm³/mol. The Balaban J connectivity index is 3.06. The molecular formula is C13H17N3O2. The lowest BCUT2D eigenvalue weighted by Gasteiger charge is -2.22. The molecule has 0 N–H and O–H groups in total. The van der Waals surface area contributed by atoms with Gasteiger partial charge in [-0.3, -0.25) is 10.1 Å². The first-order valence-corrected chi connectivity index (χ1v) is 6.07. The second-order valence-corrected chi connectivity index (χ2v) is 4.00. The molecule has 0 aliphatic heterocycles. The van der Waals surface area contributed by atoms with E-state index in [-0.39, 0.29) is 11.3 Å². The molecule has 1 aromatic carbocycles. The molecule has 0 atom stereocenters. The van der Waals surface area contributed by atoms with Crippen LogP contribution in [0.15, 0.2) is 18.2 Å². The van der Waals surface area contributed by atoms with Gasteiger partial charge in [0, 0.05) is 24.8 Å². The molecule has 18 heavy (non-hydrogen) atoms. The number of nitrogens with zero attached hydrogens (tertiary/aromatic N) is 3. The van der Waals surface area contributed by atoms with Gasteiger partial charge in [0.25, 0.3) is 5.69 Å². The zero-order valence-electron chi connectivity index (χ0n) is 10.7. The van der Waals surface area contributed by atoms with Crippen molar-refractivity contribution in [3.8, 4) is 6.07 Å². The summed E-state index contributed by atoms with van der Waals surface area (Å²) in [6, 6.07) is 6.61. The molecule has 0 aliphatic rings. The third-order valence-electron chi connectivity index (χ3n) is 2.83. The number of benzene rings is 1. The Morgan fingerprint density at radius 2 is 2.17 bits per heavy atom. The Morgan fingerprint density at radius 3 is 2.67 bits per heavy atom. The summed E-state index contributed by atoms with van der Waals surface area (Å²) >= 11 is 0. The lowest BCUT2D eigenvalue weighted by molar-refractivity contribution is -0.385. The fourth-order valence-electron chi connectivity index (χ4n) is 1.78. The Kier molecular flexibility index (Phi) is 5.12. The molecule has 0 unspecified atom stereocenters. The summed E-state index contributed by atoms with van der Waals surface area (Å²) in [5, 5.41) is 19.7. The van der Waals surface area contributed by atoms with E-state index in [9.17, 15) is 10.1 Å². The van der Waals surface area contributed by atoms with Crippen molar-refractivity contribution >= 4 is 11.4 Å². The molecule has 0 aliphatic carbocycles. The van der Waals surface area contributed by atoms with Gasteiger partial charge >= 0.3 is 0 Å². The molecule has 96 valence electrons. The average molecular weight is 247 g/mol. The van der Waals surface area contributed by atoms with Crippen molar-refractivity contribution < 1.29 is 4.92 Å². The van der Waals surface area contributed by atoms with Gasteiger partial charge in [-0.05, 0) is 25.5 Å². The molecule has 0 amide bonds. The van der Waals surface area contributed by atoms with Crippen LogP contribution in [-0.4, -0.2) is 18.0 Å². The number of rotatable bonds is 6. The van der Waals surface area contributed by atoms with E-state index in [4.69, 9.17) is 5.26 Å². The van der Waals surface area contributed by atoms with Gasteiger partial charge < -0.3 is 4.90 Å². The molecule has 1 aromatic rings. The second-order valence-electron chi connectivity index (χ2n) is 4.00. The summed E-state index contributed by atoms with van der Waals surface area (Å²) in [4.78, 5) is 12.5. The van der Waals surface area contributed by atoms with E-state index in [2.05, 4.69) is 11.8 Å². The summed E-state index contributed by atoms with van der Waals surface area (Å²) in [5.41, 5.74) is 0.789. The Hall–Kier alpha value is -2.09. The molecular weight excluding hydrogens is 230 g/mol. The zero-order chi connectivity index (χ0) is 13.5. The van der Waals surface area contributed by atoms with Crippen LogP contribution in [0.2, 0.25) is 0 Å². The Labute approximate surface area is 107 Å². The smallest absolute Gasteiger partial charge is 0.289 e. The largest absolute Gasteiger partial charge is 0.372 e. The minimum atomic E-state index is -0.504. The van der Waals surface area contributed by atoms with Crippen LogP contribution in [0.3, 0.4) is 0 Å². The van der Waals surface area contributed by atoms with Crippen molar-refractivity contribution in [1.29, 1.82) is 5.26 Å². The van der Waals surface area contributed by atoms with Gasteiger partial charge in [-0.15, -0.1) is 0 Å². The number of nitro groups is 1. The molecule has 5 nitrogen and oxygen atoms in total. The number of anilines is 1. The molecule has 0 bridgehead atoms. The summed E-state index contributed by atoms with van der Waals surface area (Å²) in [6.07, 6.45) is 2.12. The summed E-state index contributed by atoms with van der Waals surface area (Å²) in [6.45, 7) is 5.79. The van der Waals surface area contributed by atoms with E-state index in [0.717, 1.165) is 31.6 Å². The predicted octanol–water partition coefficient (Wildman–Crippen LogP) is 3.09. The van der Waals surface area contributed by atoms with Gasteiger partial charge in [0.15, 0.2) is 0 Å². The highest BCUT2D eigenvalue weighted by Crippen LogP contribution is 2.25. The van der Waals surface area contributed by atoms with Crippen LogP contribution in [0.1, 0.15) is 32.3 Å². The molecule has 5 heteroatoms. The highest BCUT2D eigenvalue weighted by atomic mass is 16.6. The van der Waals surface area contributed by atoms with Gasteiger partial charge in [0.2, 0.25) is 0 Å². The molecule has 0 fully saturated rings. The van der Waals surface area contributed by atoms with Crippen LogP contribution in [0, 0.1) is 21.4 Å². The molecule has 0 heterocycles. The van der Waals surface area contributed by atoms with E-state index < -0.39 is 4.92 Å². The zero-order valence-corrected chi connectivity index (χ0v) is 10.7. The average Bonchev–Trinajstić information content (AvgIpc) is 2.39. The Bertz CT molecular complexity index is 466. The van der Waals surface area contributed by atoms with Crippen molar-refractivity contribution in [3.63, 3.8) is 0 Å². The minimum Gasteiger partial charge on any atom is -0.372 e. The first-order chi connectivity index (χ1) is 8.63. The normalized spacial score (nSPS) is 9.83. The summed E-state index contributed by atoms with van der Waals surface area (Å²) in [7, 11) is 0. The molecule has 1 rings (SSSR count). The van der Waals surface area contributed by atoms with E-state index in [1.54, 1.807) is 6.07 Å². The van der Waals surface area contributed by atoms with Crippen molar-refractivity contribution in [2.75, 3.05) is 18.0 Å². The van der Waals surface area contributed by atoms with Crippen molar-refractivity contribution in [2.45, 2.75) is 26.7 Å². The maximum absolute atomic E-state index is 10.9. The minimum absolute atomic E-state index is 0.107. The Morgan fingerprint density at radius 1 is 1.44 bits per heavy atom. The van der Waals surface area contributed by atoms with Gasteiger partial charge in [0.05, 0.1) is 4.92 Å². The van der Waals surface area contributed by atoms with Crippen molar-refractivity contribution in [1.82, 2.24) is 0 Å². The fraction of sp³-hybridized carbons (Fsp3) is 0.462.